The van der Waals surface area contributed by atoms with Gasteiger partial charge in [0.1, 0.15) is 5.04 Å². The molecule has 9 heteroatoms. The van der Waals surface area contributed by atoms with E-state index in [-0.39, 0.29) is 17.4 Å². The third kappa shape index (κ3) is 2.91. The van der Waals surface area contributed by atoms with Gasteiger partial charge in [-0.15, -0.1) is 10.2 Å². The number of halogens is 3. The van der Waals surface area contributed by atoms with Crippen molar-refractivity contribution >= 4 is 28.8 Å². The molecule has 0 aliphatic carbocycles. The molecule has 4 nitrogen and oxygen atoms in total. The number of hydrogen-bond donors (Lipinski definition) is 0. The van der Waals surface area contributed by atoms with Gasteiger partial charge in [-0.05, 0) is 5.92 Å². The maximum absolute atomic E-state index is 12.4. The largest absolute Gasteiger partial charge is 0.442 e. The molecule has 1 unspecified atom stereocenters. The molecule has 0 aromatic heterocycles. The Kier molecular flexibility index (Phi) is 3.89. The van der Waals surface area contributed by atoms with Crippen molar-refractivity contribution in [3.05, 3.63) is 0 Å². The molecule has 1 aliphatic heterocycles. The highest BCUT2D eigenvalue weighted by atomic mass is 32.9. The molecule has 0 aromatic carbocycles. The van der Waals surface area contributed by atoms with Crippen molar-refractivity contribution in [3.63, 3.8) is 0 Å². The van der Waals surface area contributed by atoms with E-state index in [1.165, 1.54) is 0 Å². The zero-order valence-electron chi connectivity index (χ0n) is 8.45. The van der Waals surface area contributed by atoms with Gasteiger partial charge >= 0.3 is 6.18 Å². The highest BCUT2D eigenvalue weighted by Crippen LogP contribution is 2.25. The van der Waals surface area contributed by atoms with E-state index in [0.29, 0.717) is 0 Å². The Labute approximate surface area is 93.4 Å². The Morgan fingerprint density at radius 2 is 1.88 bits per heavy atom. The number of hydrogen-bond acceptors (Lipinski definition) is 4. The monoisotopic (exact) mass is 274 g/mol. The summed E-state index contributed by atoms with van der Waals surface area (Å²) >= 11 is 0. The van der Waals surface area contributed by atoms with Gasteiger partial charge in [-0.3, -0.25) is 0 Å². The van der Waals surface area contributed by atoms with Gasteiger partial charge in [0.05, 0.1) is 0 Å². The average Bonchev–Trinajstić information content (AvgIpc) is 2.45. The Morgan fingerprint density at radius 1 is 1.31 bits per heavy atom. The number of rotatable bonds is 2. The van der Waals surface area contributed by atoms with Crippen LogP contribution >= 0.6 is 0 Å². The van der Waals surface area contributed by atoms with E-state index in [4.69, 9.17) is 0 Å². The summed E-state index contributed by atoms with van der Waals surface area (Å²) in [4.78, 5) is 0. The molecule has 1 rings (SSSR count). The zero-order chi connectivity index (χ0) is 12.5. The van der Waals surface area contributed by atoms with Gasteiger partial charge in [-0.25, -0.2) is 0 Å². The third-order valence-electron chi connectivity index (χ3n) is 1.60. The standard InChI is InChI=1S/C7H9F3N2O2S2/c1-4(2)3-5-11-12-6(7(8,9)10)15(5)16(13)14/h4H,3H2,1-2H3. The first-order chi connectivity index (χ1) is 7.23. The number of nitrogens with zero attached hydrogens (tertiary/aromatic N) is 2. The molecule has 0 amide bonds. The molecule has 1 aliphatic rings. The third-order valence-corrected chi connectivity index (χ3v) is 5.08. The topological polar surface area (TPSA) is 58.9 Å². The van der Waals surface area contributed by atoms with Crippen LogP contribution in [0.5, 0.6) is 0 Å². The first-order valence-electron chi connectivity index (χ1n) is 4.29. The summed E-state index contributed by atoms with van der Waals surface area (Å²) in [5, 5.41) is 4.93. The van der Waals surface area contributed by atoms with Crippen LogP contribution in [0.25, 0.3) is 0 Å². The summed E-state index contributed by atoms with van der Waals surface area (Å²) in [7, 11) is -4.92. The molecule has 0 fully saturated rings. The second-order valence-electron chi connectivity index (χ2n) is 3.47. The van der Waals surface area contributed by atoms with Gasteiger partial charge in [0, 0.05) is 15.9 Å². The fourth-order valence-corrected chi connectivity index (χ4v) is 4.04. The van der Waals surface area contributed by atoms with Gasteiger partial charge < -0.3 is 0 Å². The predicted octanol–water partition coefficient (Wildman–Crippen LogP) is 1.73. The summed E-state index contributed by atoms with van der Waals surface area (Å²) < 4.78 is 58.8. The van der Waals surface area contributed by atoms with Crippen molar-refractivity contribution in [2.45, 2.75) is 26.4 Å². The summed E-state index contributed by atoms with van der Waals surface area (Å²) in [6.07, 6.45) is -4.55. The Balaban J connectivity index is 3.15. The molecule has 1 atom stereocenters. The van der Waals surface area contributed by atoms with Crippen LogP contribution in [0.3, 0.4) is 0 Å². The molecule has 16 heavy (non-hydrogen) atoms. The van der Waals surface area contributed by atoms with Crippen LogP contribution in [-0.4, -0.2) is 24.7 Å². The van der Waals surface area contributed by atoms with Crippen molar-refractivity contribution in [2.75, 3.05) is 0 Å². The van der Waals surface area contributed by atoms with Crippen molar-refractivity contribution < 1.29 is 21.6 Å². The minimum Gasteiger partial charge on any atom is -0.177 e. The molecule has 0 spiro atoms. The summed E-state index contributed by atoms with van der Waals surface area (Å²) in [5.41, 5.74) is 0. The van der Waals surface area contributed by atoms with Gasteiger partial charge in [-0.1, -0.05) is 13.8 Å². The maximum Gasteiger partial charge on any atom is 0.442 e. The molecule has 0 radical (unpaired) electrons. The van der Waals surface area contributed by atoms with E-state index in [2.05, 4.69) is 10.2 Å². The second-order valence-corrected chi connectivity index (χ2v) is 7.09. The zero-order valence-corrected chi connectivity index (χ0v) is 10.1. The van der Waals surface area contributed by atoms with Gasteiger partial charge in [-0.2, -0.15) is 21.6 Å². The lowest BCUT2D eigenvalue weighted by atomic mass is 10.1. The first-order valence-corrected chi connectivity index (χ1v) is 7.11. The number of alkyl halides is 3. The molecular formula is C7H9F3N2O2S2. The Morgan fingerprint density at radius 3 is 2.25 bits per heavy atom. The molecule has 0 bridgehead atoms. The van der Waals surface area contributed by atoms with Crippen molar-refractivity contribution in [3.8, 4) is 0 Å². The maximum atomic E-state index is 12.4. The summed E-state index contributed by atoms with van der Waals surface area (Å²) in [5.74, 6) is 0.0279. The van der Waals surface area contributed by atoms with Crippen LogP contribution in [-0.2, 0) is 18.7 Å². The molecule has 0 saturated carbocycles. The van der Waals surface area contributed by atoms with Crippen molar-refractivity contribution in [2.24, 2.45) is 16.1 Å². The van der Waals surface area contributed by atoms with Crippen LogP contribution in [0, 0.1) is 5.92 Å². The van der Waals surface area contributed by atoms with E-state index in [9.17, 15) is 21.6 Å². The smallest absolute Gasteiger partial charge is 0.177 e. The van der Waals surface area contributed by atoms with E-state index in [1.807, 2.05) is 0 Å². The molecule has 1 heterocycles. The highest BCUT2D eigenvalue weighted by molar-refractivity contribution is 8.49. The van der Waals surface area contributed by atoms with Crippen LogP contribution in [0.1, 0.15) is 20.3 Å². The van der Waals surface area contributed by atoms with Gasteiger partial charge in [0.15, 0.2) is 0 Å². The molecular weight excluding hydrogens is 265 g/mol. The normalized spacial score (nSPS) is 21.0. The fraction of sp³-hybridized carbons (Fsp3) is 0.714. The predicted molar refractivity (Wildman–Crippen MR) is 56.7 cm³/mol. The Hall–Kier alpha value is -0.700. The fourth-order valence-electron chi connectivity index (χ4n) is 1.06. The van der Waals surface area contributed by atoms with Crippen LogP contribution in [0.4, 0.5) is 13.2 Å². The van der Waals surface area contributed by atoms with Crippen LogP contribution < -0.4 is 0 Å². The van der Waals surface area contributed by atoms with E-state index >= 15 is 0 Å². The minimum absolute atomic E-state index is 0.0179. The summed E-state index contributed by atoms with van der Waals surface area (Å²) in [6.45, 7) is 3.53. The average molecular weight is 274 g/mol. The minimum atomic E-state index is -4.74. The summed E-state index contributed by atoms with van der Waals surface area (Å²) in [6, 6.07) is 0. The second kappa shape index (κ2) is 4.66. The van der Waals surface area contributed by atoms with Gasteiger partial charge in [0.2, 0.25) is 5.04 Å². The quantitative estimate of drug-likeness (QED) is 0.770. The first kappa shape index (κ1) is 13.4. The van der Waals surface area contributed by atoms with Crippen molar-refractivity contribution in [1.82, 2.24) is 0 Å². The van der Waals surface area contributed by atoms with Crippen molar-refractivity contribution in [1.29, 1.82) is 0 Å². The SMILES string of the molecule is CC(C)CC1=NN=C(C(F)(F)F)S1=S(=O)=O. The van der Waals surface area contributed by atoms with E-state index < -0.39 is 29.9 Å². The lowest BCUT2D eigenvalue weighted by Gasteiger charge is -2.07. The molecule has 0 saturated heterocycles. The van der Waals surface area contributed by atoms with Crippen LogP contribution in [0.15, 0.2) is 10.2 Å². The molecule has 0 aromatic rings. The van der Waals surface area contributed by atoms with E-state index in [0.717, 1.165) is 0 Å². The molecule has 92 valence electrons. The van der Waals surface area contributed by atoms with Gasteiger partial charge in [0.25, 0.3) is 9.26 Å². The van der Waals surface area contributed by atoms with Crippen LogP contribution in [0.2, 0.25) is 0 Å². The lowest BCUT2D eigenvalue weighted by molar-refractivity contribution is -0.0555. The highest BCUT2D eigenvalue weighted by Gasteiger charge is 2.43. The lowest BCUT2D eigenvalue weighted by Crippen LogP contribution is -2.28. The Bertz CT molecular complexity index is 480. The van der Waals surface area contributed by atoms with E-state index in [1.54, 1.807) is 13.8 Å². The molecule has 0 N–H and O–H groups in total.